The van der Waals surface area contributed by atoms with Gasteiger partial charge in [0.1, 0.15) is 0 Å². The molecule has 1 aliphatic rings. The van der Waals surface area contributed by atoms with Gasteiger partial charge in [-0.1, -0.05) is 13.0 Å². The van der Waals surface area contributed by atoms with Crippen LogP contribution in [0.15, 0.2) is 18.2 Å². The Morgan fingerprint density at radius 2 is 2.07 bits per heavy atom. The molecule has 1 saturated heterocycles. The molecule has 15 heavy (non-hydrogen) atoms. The van der Waals surface area contributed by atoms with Crippen LogP contribution in [-0.4, -0.2) is 13.1 Å². The summed E-state index contributed by atoms with van der Waals surface area (Å²) in [6.07, 6.45) is 2.10. The molecule has 0 aromatic heterocycles. The fourth-order valence-electron chi connectivity index (χ4n) is 2.17. The molecule has 3 heteroatoms. The molecular weight excluding hydrogens is 196 g/mol. The third-order valence-corrected chi connectivity index (χ3v) is 3.21. The van der Waals surface area contributed by atoms with Gasteiger partial charge in [0.25, 0.3) is 0 Å². The van der Waals surface area contributed by atoms with Crippen LogP contribution < -0.4 is 5.32 Å². The summed E-state index contributed by atoms with van der Waals surface area (Å²) in [7, 11) is 0. The van der Waals surface area contributed by atoms with Crippen LogP contribution in [0.1, 0.15) is 25.3 Å². The van der Waals surface area contributed by atoms with Crippen molar-refractivity contribution in [3.05, 3.63) is 35.4 Å². The highest BCUT2D eigenvalue weighted by Gasteiger charge is 2.29. The maximum absolute atomic E-state index is 13.1. The Balaban J connectivity index is 2.31. The summed E-state index contributed by atoms with van der Waals surface area (Å²) in [4.78, 5) is 0. The van der Waals surface area contributed by atoms with E-state index in [9.17, 15) is 8.78 Å². The van der Waals surface area contributed by atoms with E-state index < -0.39 is 11.6 Å². The molecule has 1 atom stereocenters. The molecule has 82 valence electrons. The Kier molecular flexibility index (Phi) is 2.74. The SMILES string of the molecule is CC1(c2ccc(F)c(F)c2)CCCNC1. The van der Waals surface area contributed by atoms with Gasteiger partial charge in [0.15, 0.2) is 11.6 Å². The van der Waals surface area contributed by atoms with E-state index in [1.807, 2.05) is 0 Å². The van der Waals surface area contributed by atoms with Crippen molar-refractivity contribution in [1.29, 1.82) is 0 Å². The molecule has 1 aromatic carbocycles. The predicted octanol–water partition coefficient (Wildman–Crippen LogP) is 2.61. The molecule has 2 rings (SSSR count). The molecule has 0 spiro atoms. The van der Waals surface area contributed by atoms with Gasteiger partial charge in [0.2, 0.25) is 0 Å². The van der Waals surface area contributed by atoms with E-state index in [2.05, 4.69) is 12.2 Å². The highest BCUT2D eigenvalue weighted by molar-refractivity contribution is 5.27. The Labute approximate surface area is 88.5 Å². The van der Waals surface area contributed by atoms with E-state index in [0.717, 1.165) is 31.5 Å². The Hall–Kier alpha value is -0.960. The quantitative estimate of drug-likeness (QED) is 0.753. The van der Waals surface area contributed by atoms with Crippen LogP contribution in [0.2, 0.25) is 0 Å². The number of hydrogen-bond donors (Lipinski definition) is 1. The Bertz CT molecular complexity index is 357. The lowest BCUT2D eigenvalue weighted by Crippen LogP contribution is -2.41. The number of hydrogen-bond acceptors (Lipinski definition) is 1. The highest BCUT2D eigenvalue weighted by atomic mass is 19.2. The first-order valence-corrected chi connectivity index (χ1v) is 5.28. The standard InChI is InChI=1S/C12H15F2N/c1-12(5-2-6-15-8-12)9-3-4-10(13)11(14)7-9/h3-4,7,15H,2,5-6,8H2,1H3. The van der Waals surface area contributed by atoms with Crippen molar-refractivity contribution in [2.75, 3.05) is 13.1 Å². The van der Waals surface area contributed by atoms with E-state index >= 15 is 0 Å². The van der Waals surface area contributed by atoms with Crippen molar-refractivity contribution in [3.8, 4) is 0 Å². The van der Waals surface area contributed by atoms with Gasteiger partial charge in [-0.05, 0) is 37.1 Å². The monoisotopic (exact) mass is 211 g/mol. The molecule has 1 heterocycles. The number of halogens is 2. The maximum atomic E-state index is 13.1. The summed E-state index contributed by atoms with van der Waals surface area (Å²) in [5.41, 5.74) is 0.820. The van der Waals surface area contributed by atoms with Crippen molar-refractivity contribution in [2.24, 2.45) is 0 Å². The molecular formula is C12H15F2N. The van der Waals surface area contributed by atoms with Crippen LogP contribution in [0.5, 0.6) is 0 Å². The van der Waals surface area contributed by atoms with Gasteiger partial charge >= 0.3 is 0 Å². The minimum atomic E-state index is -0.772. The van der Waals surface area contributed by atoms with E-state index in [-0.39, 0.29) is 5.41 Å². The molecule has 1 fully saturated rings. The third kappa shape index (κ3) is 2.02. The third-order valence-electron chi connectivity index (χ3n) is 3.21. The van der Waals surface area contributed by atoms with Crippen molar-refractivity contribution < 1.29 is 8.78 Å². The zero-order valence-corrected chi connectivity index (χ0v) is 8.82. The molecule has 1 unspecified atom stereocenters. The lowest BCUT2D eigenvalue weighted by atomic mass is 9.76. The smallest absolute Gasteiger partial charge is 0.159 e. The average Bonchev–Trinajstić information content (AvgIpc) is 2.23. The lowest BCUT2D eigenvalue weighted by Gasteiger charge is -2.34. The fraction of sp³-hybridized carbons (Fsp3) is 0.500. The lowest BCUT2D eigenvalue weighted by molar-refractivity contribution is 0.337. The van der Waals surface area contributed by atoms with Crippen molar-refractivity contribution in [2.45, 2.75) is 25.2 Å². The van der Waals surface area contributed by atoms with Gasteiger partial charge in [0, 0.05) is 12.0 Å². The molecule has 0 radical (unpaired) electrons. The molecule has 0 amide bonds. The summed E-state index contributed by atoms with van der Waals surface area (Å²) in [6, 6.07) is 4.22. The molecule has 0 aliphatic carbocycles. The summed E-state index contributed by atoms with van der Waals surface area (Å²) < 4.78 is 25.9. The second kappa shape index (κ2) is 3.89. The van der Waals surface area contributed by atoms with E-state index in [1.54, 1.807) is 6.07 Å². The van der Waals surface area contributed by atoms with Gasteiger partial charge in [-0.3, -0.25) is 0 Å². The zero-order chi connectivity index (χ0) is 10.9. The Morgan fingerprint density at radius 3 is 2.67 bits per heavy atom. The maximum Gasteiger partial charge on any atom is 0.159 e. The van der Waals surface area contributed by atoms with Gasteiger partial charge in [-0.15, -0.1) is 0 Å². The van der Waals surface area contributed by atoms with E-state index in [0.29, 0.717) is 0 Å². The first-order valence-electron chi connectivity index (χ1n) is 5.28. The first-order chi connectivity index (χ1) is 7.12. The van der Waals surface area contributed by atoms with Crippen molar-refractivity contribution >= 4 is 0 Å². The van der Waals surface area contributed by atoms with Crippen LogP contribution in [0.4, 0.5) is 8.78 Å². The summed E-state index contributed by atoms with van der Waals surface area (Å²) >= 11 is 0. The van der Waals surface area contributed by atoms with Gasteiger partial charge in [-0.25, -0.2) is 8.78 Å². The number of rotatable bonds is 1. The van der Waals surface area contributed by atoms with Crippen LogP contribution in [0, 0.1) is 11.6 Å². The van der Waals surface area contributed by atoms with Gasteiger partial charge in [0.05, 0.1) is 0 Å². The van der Waals surface area contributed by atoms with Gasteiger partial charge < -0.3 is 5.32 Å². The Morgan fingerprint density at radius 1 is 1.27 bits per heavy atom. The van der Waals surface area contributed by atoms with Crippen molar-refractivity contribution in [1.82, 2.24) is 5.32 Å². The molecule has 1 nitrogen and oxygen atoms in total. The minimum Gasteiger partial charge on any atom is -0.316 e. The second-order valence-electron chi connectivity index (χ2n) is 4.47. The molecule has 0 saturated carbocycles. The fourth-order valence-corrected chi connectivity index (χ4v) is 2.17. The second-order valence-corrected chi connectivity index (χ2v) is 4.47. The molecule has 1 aliphatic heterocycles. The van der Waals surface area contributed by atoms with Crippen LogP contribution in [-0.2, 0) is 5.41 Å². The highest BCUT2D eigenvalue weighted by Crippen LogP contribution is 2.31. The van der Waals surface area contributed by atoms with Crippen molar-refractivity contribution in [3.63, 3.8) is 0 Å². The van der Waals surface area contributed by atoms with E-state index in [1.165, 1.54) is 12.1 Å². The summed E-state index contributed by atoms with van der Waals surface area (Å²) in [5.74, 6) is -1.52. The van der Waals surface area contributed by atoms with Gasteiger partial charge in [-0.2, -0.15) is 0 Å². The summed E-state index contributed by atoms with van der Waals surface area (Å²) in [6.45, 7) is 3.93. The minimum absolute atomic E-state index is 0.0627. The zero-order valence-electron chi connectivity index (χ0n) is 8.82. The number of piperidine rings is 1. The van der Waals surface area contributed by atoms with Crippen LogP contribution in [0.25, 0.3) is 0 Å². The summed E-state index contributed by atoms with van der Waals surface area (Å²) in [5, 5.41) is 3.29. The van der Waals surface area contributed by atoms with Crippen LogP contribution in [0.3, 0.4) is 0 Å². The van der Waals surface area contributed by atoms with Crippen LogP contribution >= 0.6 is 0 Å². The molecule has 1 aromatic rings. The number of benzene rings is 1. The largest absolute Gasteiger partial charge is 0.316 e. The first kappa shape index (κ1) is 10.6. The number of nitrogens with one attached hydrogen (secondary N) is 1. The van der Waals surface area contributed by atoms with E-state index in [4.69, 9.17) is 0 Å². The molecule has 0 bridgehead atoms. The topological polar surface area (TPSA) is 12.0 Å². The molecule has 1 N–H and O–H groups in total. The average molecular weight is 211 g/mol. The normalized spacial score (nSPS) is 26.6. The predicted molar refractivity (Wildman–Crippen MR) is 55.8 cm³/mol.